The number of hydrogen-bond acceptors (Lipinski definition) is 8. The van der Waals surface area contributed by atoms with Crippen LogP contribution in [0, 0.1) is 5.92 Å². The van der Waals surface area contributed by atoms with Crippen molar-refractivity contribution < 1.29 is 33.4 Å². The van der Waals surface area contributed by atoms with Crippen LogP contribution in [0.3, 0.4) is 0 Å². The number of methoxy groups -OCH3 is 1. The minimum atomic E-state index is -0.982. The van der Waals surface area contributed by atoms with Gasteiger partial charge < -0.3 is 30.2 Å². The number of carbonyl (C=O) groups is 4. The number of morpholine rings is 1. The van der Waals surface area contributed by atoms with Crippen LogP contribution in [0.1, 0.15) is 45.6 Å². The lowest BCUT2D eigenvalue weighted by molar-refractivity contribution is -0.134. The highest BCUT2D eigenvalue weighted by molar-refractivity contribution is 5.98. The second kappa shape index (κ2) is 14.3. The van der Waals surface area contributed by atoms with Gasteiger partial charge in [-0.25, -0.2) is 0 Å². The molecule has 11 heteroatoms. The number of hydrogen-bond donors (Lipinski definition) is 3. The fraction of sp³-hybridized carbons (Fsp3) is 0.613. The van der Waals surface area contributed by atoms with E-state index in [9.17, 15) is 19.2 Å². The molecular weight excluding hydrogens is 540 g/mol. The third-order valence-corrected chi connectivity index (χ3v) is 8.11. The minimum Gasteiger partial charge on any atom is -0.497 e. The molecule has 230 valence electrons. The Morgan fingerprint density at radius 2 is 1.69 bits per heavy atom. The third kappa shape index (κ3) is 8.86. The number of nitrogens with zero attached hydrogens (tertiary/aromatic N) is 1. The molecule has 2 aliphatic heterocycles. The molecule has 4 rings (SSSR count). The van der Waals surface area contributed by atoms with Crippen molar-refractivity contribution in [1.29, 1.82) is 0 Å². The monoisotopic (exact) mass is 584 g/mol. The molecule has 0 aromatic heterocycles. The van der Waals surface area contributed by atoms with E-state index < -0.39 is 35.5 Å². The van der Waals surface area contributed by atoms with Crippen molar-refractivity contribution in [1.82, 2.24) is 20.9 Å². The van der Waals surface area contributed by atoms with Gasteiger partial charge in [-0.15, -0.1) is 0 Å². The number of carbonyl (C=O) groups excluding carboxylic acids is 4. The first kappa shape index (κ1) is 31.7. The summed E-state index contributed by atoms with van der Waals surface area (Å²) in [6.07, 6.45) is 4.66. The Labute approximate surface area is 247 Å². The lowest BCUT2D eigenvalue weighted by atomic mass is 9.94. The van der Waals surface area contributed by atoms with Crippen LogP contribution in [0.25, 0.3) is 0 Å². The van der Waals surface area contributed by atoms with E-state index in [1.807, 2.05) is 17.0 Å². The fourth-order valence-corrected chi connectivity index (χ4v) is 5.33. The normalized spacial score (nSPS) is 24.1. The van der Waals surface area contributed by atoms with Gasteiger partial charge in [-0.05, 0) is 56.7 Å². The van der Waals surface area contributed by atoms with Gasteiger partial charge in [0, 0.05) is 19.5 Å². The topological polar surface area (TPSA) is 139 Å². The van der Waals surface area contributed by atoms with Crippen molar-refractivity contribution in [2.75, 3.05) is 46.6 Å². The van der Waals surface area contributed by atoms with E-state index >= 15 is 0 Å². The van der Waals surface area contributed by atoms with Gasteiger partial charge in [0.05, 0.1) is 39.5 Å². The van der Waals surface area contributed by atoms with Crippen LogP contribution in [0.5, 0.6) is 5.75 Å². The Hall–Kier alpha value is -3.28. The van der Waals surface area contributed by atoms with Gasteiger partial charge >= 0.3 is 0 Å². The Morgan fingerprint density at radius 1 is 1.02 bits per heavy atom. The van der Waals surface area contributed by atoms with Crippen molar-refractivity contribution in [3.63, 3.8) is 0 Å². The predicted molar refractivity (Wildman–Crippen MR) is 156 cm³/mol. The van der Waals surface area contributed by atoms with E-state index in [0.717, 1.165) is 24.0 Å². The molecule has 11 nitrogen and oxygen atoms in total. The van der Waals surface area contributed by atoms with E-state index in [1.54, 1.807) is 33.1 Å². The molecule has 1 aromatic rings. The van der Waals surface area contributed by atoms with E-state index in [0.29, 0.717) is 51.0 Å². The molecule has 2 fully saturated rings. The second-order valence-corrected chi connectivity index (χ2v) is 11.8. The molecular formula is C31H44N4O7. The summed E-state index contributed by atoms with van der Waals surface area (Å²) in [6.45, 7) is 8.37. The average molecular weight is 585 g/mol. The number of amides is 3. The first-order chi connectivity index (χ1) is 20.1. The highest BCUT2D eigenvalue weighted by Gasteiger charge is 2.50. The van der Waals surface area contributed by atoms with Gasteiger partial charge in [0.15, 0.2) is 5.78 Å². The number of rotatable bonds is 14. The number of ether oxygens (including phenoxy) is 3. The third-order valence-electron chi connectivity index (χ3n) is 8.11. The van der Waals surface area contributed by atoms with Crippen LogP contribution in [-0.2, 0) is 35.1 Å². The summed E-state index contributed by atoms with van der Waals surface area (Å²) >= 11 is 0. The van der Waals surface area contributed by atoms with Crippen molar-refractivity contribution >= 4 is 23.5 Å². The summed E-state index contributed by atoms with van der Waals surface area (Å²) in [4.78, 5) is 54.9. The molecule has 0 radical (unpaired) electrons. The fourth-order valence-electron chi connectivity index (χ4n) is 5.33. The molecule has 1 aliphatic carbocycles. The van der Waals surface area contributed by atoms with E-state index in [1.165, 1.54) is 0 Å². The largest absolute Gasteiger partial charge is 0.497 e. The summed E-state index contributed by atoms with van der Waals surface area (Å²) in [6, 6.07) is 4.59. The van der Waals surface area contributed by atoms with Gasteiger partial charge in [-0.2, -0.15) is 0 Å². The van der Waals surface area contributed by atoms with Crippen LogP contribution in [0.15, 0.2) is 35.9 Å². The quantitative estimate of drug-likeness (QED) is 0.219. The Balaban J connectivity index is 1.45. The summed E-state index contributed by atoms with van der Waals surface area (Å²) in [5.41, 5.74) is 1.03. The van der Waals surface area contributed by atoms with Gasteiger partial charge in [-0.1, -0.05) is 30.7 Å². The summed E-state index contributed by atoms with van der Waals surface area (Å²) in [5.74, 6) is -0.316. The molecule has 4 unspecified atom stereocenters. The predicted octanol–water partition coefficient (Wildman–Crippen LogP) is 1.15. The molecule has 0 saturated carbocycles. The zero-order valence-electron chi connectivity index (χ0n) is 25.1. The molecule has 0 bridgehead atoms. The molecule has 5 atom stereocenters. The Morgan fingerprint density at radius 3 is 2.29 bits per heavy atom. The summed E-state index contributed by atoms with van der Waals surface area (Å²) in [5, 5.41) is 8.48. The molecule has 2 heterocycles. The number of Topliss-reactive ketones (excluding diaryl/α,β-unsaturated/α-hetero) is 1. The lowest BCUT2D eigenvalue weighted by Crippen LogP contribution is -2.57. The van der Waals surface area contributed by atoms with Crippen LogP contribution >= 0.6 is 0 Å². The molecule has 42 heavy (non-hydrogen) atoms. The Kier molecular flexibility index (Phi) is 10.7. The first-order valence-corrected chi connectivity index (χ1v) is 14.8. The van der Waals surface area contributed by atoms with Gasteiger partial charge in [-0.3, -0.25) is 24.1 Å². The number of nitrogens with one attached hydrogen (secondary N) is 3. The van der Waals surface area contributed by atoms with Crippen molar-refractivity contribution in [2.45, 2.75) is 70.2 Å². The van der Waals surface area contributed by atoms with Crippen LogP contribution in [0.2, 0.25) is 0 Å². The van der Waals surface area contributed by atoms with Crippen molar-refractivity contribution in [2.24, 2.45) is 5.92 Å². The molecule has 3 aliphatic rings. The minimum absolute atomic E-state index is 0.163. The molecule has 3 amide bonds. The number of allylic oxidation sites excluding steroid dienone is 1. The standard InChI is InChI=1S/C31H44N4O7/c1-20-5-6-23(15-20)17-25(28(37)31(3)19-42-31)33-30(39)26(16-22-7-9-24(40-4)10-8-22)34-29(38)21(2)32-27(36)18-35-11-13-41-14-12-35/h7-10,15,20-21,25-26H,5-6,11-14,16-19H2,1-4H3,(H,32,36)(H,33,39)(H,34,38)/t20?,21?,25?,26?,31-/m1/s1. The maximum Gasteiger partial charge on any atom is 0.243 e. The lowest BCUT2D eigenvalue weighted by Gasteiger charge is -2.27. The molecule has 1 aromatic carbocycles. The summed E-state index contributed by atoms with van der Waals surface area (Å²) in [7, 11) is 1.57. The van der Waals surface area contributed by atoms with E-state index in [-0.39, 0.29) is 24.7 Å². The number of benzene rings is 1. The van der Waals surface area contributed by atoms with Crippen LogP contribution < -0.4 is 20.7 Å². The van der Waals surface area contributed by atoms with Crippen molar-refractivity contribution in [3.8, 4) is 5.75 Å². The number of epoxide rings is 1. The smallest absolute Gasteiger partial charge is 0.243 e. The molecule has 2 saturated heterocycles. The highest BCUT2D eigenvalue weighted by Crippen LogP contribution is 2.32. The Bertz CT molecular complexity index is 1160. The van der Waals surface area contributed by atoms with Crippen LogP contribution in [-0.4, -0.2) is 98.7 Å². The average Bonchev–Trinajstić information content (AvgIpc) is 3.60. The summed E-state index contributed by atoms with van der Waals surface area (Å²) < 4.78 is 16.0. The number of ketones is 1. The SMILES string of the molecule is COc1ccc(CC(NC(=O)C(C)NC(=O)CN2CCOCC2)C(=O)NC(CC2=CC(C)CC2)C(=O)[C@@]2(C)CO2)cc1. The highest BCUT2D eigenvalue weighted by atomic mass is 16.6. The van der Waals surface area contributed by atoms with E-state index in [4.69, 9.17) is 14.2 Å². The van der Waals surface area contributed by atoms with Gasteiger partial charge in [0.1, 0.15) is 23.4 Å². The van der Waals surface area contributed by atoms with Crippen LogP contribution in [0.4, 0.5) is 0 Å². The maximum atomic E-state index is 13.7. The zero-order valence-corrected chi connectivity index (χ0v) is 25.1. The van der Waals surface area contributed by atoms with Gasteiger partial charge in [0.2, 0.25) is 17.7 Å². The van der Waals surface area contributed by atoms with Crippen molar-refractivity contribution in [3.05, 3.63) is 41.5 Å². The van der Waals surface area contributed by atoms with E-state index in [2.05, 4.69) is 29.0 Å². The molecule has 0 spiro atoms. The first-order valence-electron chi connectivity index (χ1n) is 14.8. The van der Waals surface area contributed by atoms with Gasteiger partial charge in [0.25, 0.3) is 0 Å². The zero-order chi connectivity index (χ0) is 30.3. The second-order valence-electron chi connectivity index (χ2n) is 11.8. The maximum absolute atomic E-state index is 13.7. The molecule has 3 N–H and O–H groups in total.